The number of carbonyl (C=O) groups is 2. The number of esters is 1. The largest absolute Gasteiger partial charge is 0.480 e. The van der Waals surface area contributed by atoms with E-state index >= 15 is 0 Å². The van der Waals surface area contributed by atoms with Gasteiger partial charge in [0.25, 0.3) is 0 Å². The SMILES string of the molecule is CCCCCC/C=C\CCCCCCCC(=O)OC(COCCCCCCCCCCCC/C=C\C/C=C\CCCCCCC)COP(=O)(O)OCC(N)C(=O)O. The summed E-state index contributed by atoms with van der Waals surface area (Å²) in [4.78, 5) is 33.5. The van der Waals surface area contributed by atoms with Crippen LogP contribution in [0.5, 0.6) is 0 Å². The molecule has 0 aromatic heterocycles. The predicted molar refractivity (Wildman–Crippen MR) is 235 cm³/mol. The van der Waals surface area contributed by atoms with E-state index in [4.69, 9.17) is 29.4 Å². The van der Waals surface area contributed by atoms with E-state index in [0.29, 0.717) is 13.0 Å². The molecule has 0 radical (unpaired) electrons. The molecule has 4 N–H and O–H groups in total. The van der Waals surface area contributed by atoms with E-state index in [1.165, 1.54) is 122 Å². The molecule has 334 valence electrons. The number of unbranched alkanes of at least 4 members (excludes halogenated alkanes) is 24. The molecule has 0 aliphatic heterocycles. The van der Waals surface area contributed by atoms with Crippen LogP contribution < -0.4 is 5.73 Å². The normalized spacial score (nSPS) is 14.2. The summed E-state index contributed by atoms with van der Waals surface area (Å²) >= 11 is 0. The number of nitrogens with two attached hydrogens (primary N) is 1. The quantitative estimate of drug-likeness (QED) is 0.0234. The Hall–Kier alpha value is -1.81. The summed E-state index contributed by atoms with van der Waals surface area (Å²) in [6, 6.07) is -1.47. The maximum Gasteiger partial charge on any atom is 0.472 e. The highest BCUT2D eigenvalue weighted by Gasteiger charge is 2.27. The van der Waals surface area contributed by atoms with Crippen LogP contribution in [0.25, 0.3) is 0 Å². The zero-order chi connectivity index (χ0) is 41.9. The van der Waals surface area contributed by atoms with Gasteiger partial charge in [0.05, 0.1) is 19.8 Å². The molecule has 0 saturated heterocycles. The molecular weight excluding hydrogens is 741 g/mol. The fourth-order valence-electron chi connectivity index (χ4n) is 6.28. The first kappa shape index (κ1) is 55.2. The van der Waals surface area contributed by atoms with Gasteiger partial charge in [-0.15, -0.1) is 0 Å². The Morgan fingerprint density at radius 3 is 1.46 bits per heavy atom. The number of rotatable bonds is 44. The fourth-order valence-corrected chi connectivity index (χ4v) is 7.05. The fraction of sp³-hybridized carbons (Fsp3) is 0.826. The summed E-state index contributed by atoms with van der Waals surface area (Å²) in [7, 11) is -4.62. The molecule has 3 atom stereocenters. The molecule has 11 heteroatoms. The number of carboxylic acids is 1. The molecule has 0 spiro atoms. The predicted octanol–water partition coefficient (Wildman–Crippen LogP) is 12.9. The first-order valence-electron chi connectivity index (χ1n) is 23.0. The highest BCUT2D eigenvalue weighted by atomic mass is 31.2. The molecule has 0 bridgehead atoms. The number of aliphatic carboxylic acids is 1. The molecule has 0 fully saturated rings. The van der Waals surface area contributed by atoms with E-state index in [-0.39, 0.29) is 13.0 Å². The lowest BCUT2D eigenvalue weighted by Gasteiger charge is -2.20. The van der Waals surface area contributed by atoms with Gasteiger partial charge in [-0.1, -0.05) is 166 Å². The summed E-state index contributed by atoms with van der Waals surface area (Å²) in [5.41, 5.74) is 5.36. The van der Waals surface area contributed by atoms with Gasteiger partial charge in [0.1, 0.15) is 12.1 Å². The summed E-state index contributed by atoms with van der Waals surface area (Å²) in [6.45, 7) is 3.85. The molecular formula is C46H86NO9P. The van der Waals surface area contributed by atoms with Crippen LogP contribution in [0.3, 0.4) is 0 Å². The summed E-state index contributed by atoms with van der Waals surface area (Å²) in [5.74, 6) is -1.79. The topological polar surface area (TPSA) is 155 Å². The Kier molecular flexibility index (Phi) is 41.0. The van der Waals surface area contributed by atoms with E-state index in [9.17, 15) is 19.0 Å². The van der Waals surface area contributed by atoms with Crippen molar-refractivity contribution in [3.8, 4) is 0 Å². The molecule has 0 rings (SSSR count). The van der Waals surface area contributed by atoms with Crippen molar-refractivity contribution in [3.05, 3.63) is 36.5 Å². The first-order valence-corrected chi connectivity index (χ1v) is 24.5. The molecule has 0 aliphatic carbocycles. The second-order valence-electron chi connectivity index (χ2n) is 15.5. The smallest absolute Gasteiger partial charge is 0.472 e. The van der Waals surface area contributed by atoms with E-state index in [0.717, 1.165) is 57.8 Å². The average Bonchev–Trinajstić information content (AvgIpc) is 3.19. The molecule has 3 unspecified atom stereocenters. The van der Waals surface area contributed by atoms with Crippen molar-refractivity contribution in [1.82, 2.24) is 0 Å². The number of carboxylic acid groups (broad SMARTS) is 1. The van der Waals surface area contributed by atoms with Crippen molar-refractivity contribution in [2.45, 2.75) is 219 Å². The van der Waals surface area contributed by atoms with Crippen LogP contribution in [0, 0.1) is 0 Å². The zero-order valence-corrected chi connectivity index (χ0v) is 37.3. The van der Waals surface area contributed by atoms with Crippen LogP contribution in [0.1, 0.15) is 206 Å². The lowest BCUT2D eigenvalue weighted by atomic mass is 10.1. The van der Waals surface area contributed by atoms with E-state index < -0.39 is 45.1 Å². The molecule has 0 saturated carbocycles. The molecule has 10 nitrogen and oxygen atoms in total. The maximum atomic E-state index is 12.6. The molecule has 57 heavy (non-hydrogen) atoms. The number of allylic oxidation sites excluding steroid dienone is 6. The standard InChI is InChI=1S/C46H86NO9P/c1-3-5-7-9-11-13-15-17-18-19-20-21-22-23-24-25-27-29-31-33-35-37-39-53-40-43(41-54-57(51,52)55-42-44(47)46(49)50)56-45(48)38-36-34-32-30-28-26-16-14-12-10-8-6-4-2/h14-17,19-20,43-44H,3-13,18,21-42,47H2,1-2H3,(H,49,50)(H,51,52)/b16-14-,17-15-,20-19-. The highest BCUT2D eigenvalue weighted by Crippen LogP contribution is 2.43. The summed E-state index contributed by atoms with van der Waals surface area (Å²) in [5, 5.41) is 8.90. The summed E-state index contributed by atoms with van der Waals surface area (Å²) < 4.78 is 33.4. The molecule has 0 aliphatic rings. The molecule has 0 aromatic rings. The van der Waals surface area contributed by atoms with Crippen molar-refractivity contribution in [3.63, 3.8) is 0 Å². The number of ether oxygens (including phenoxy) is 2. The molecule has 0 aromatic carbocycles. The second-order valence-corrected chi connectivity index (χ2v) is 17.0. The van der Waals surface area contributed by atoms with Crippen LogP contribution in [-0.4, -0.2) is 60.5 Å². The Balaban J connectivity index is 4.16. The molecule has 0 heterocycles. The number of carbonyl (C=O) groups excluding carboxylic acids is 1. The Labute approximate surface area is 348 Å². The van der Waals surface area contributed by atoms with Gasteiger partial charge in [0.15, 0.2) is 0 Å². The number of hydrogen-bond acceptors (Lipinski definition) is 8. The van der Waals surface area contributed by atoms with Crippen LogP contribution >= 0.6 is 7.82 Å². The Morgan fingerprint density at radius 2 is 0.965 bits per heavy atom. The van der Waals surface area contributed by atoms with E-state index in [1.54, 1.807) is 0 Å². The van der Waals surface area contributed by atoms with Crippen LogP contribution in [0.2, 0.25) is 0 Å². The van der Waals surface area contributed by atoms with Gasteiger partial charge < -0.3 is 25.2 Å². The van der Waals surface area contributed by atoms with E-state index in [1.807, 2.05) is 0 Å². The third kappa shape index (κ3) is 42.1. The van der Waals surface area contributed by atoms with Crippen molar-refractivity contribution >= 4 is 19.8 Å². The lowest BCUT2D eigenvalue weighted by Crippen LogP contribution is -2.34. The van der Waals surface area contributed by atoms with Gasteiger partial charge in [-0.2, -0.15) is 0 Å². The van der Waals surface area contributed by atoms with Gasteiger partial charge >= 0.3 is 19.8 Å². The van der Waals surface area contributed by atoms with E-state index in [2.05, 4.69) is 50.3 Å². The van der Waals surface area contributed by atoms with Gasteiger partial charge in [-0.05, 0) is 70.6 Å². The van der Waals surface area contributed by atoms with Gasteiger partial charge in [0, 0.05) is 13.0 Å². The van der Waals surface area contributed by atoms with Crippen molar-refractivity contribution < 1.29 is 42.7 Å². The minimum absolute atomic E-state index is 0.0125. The summed E-state index contributed by atoms with van der Waals surface area (Å²) in [6.07, 6.45) is 47.7. The third-order valence-electron chi connectivity index (χ3n) is 9.89. The lowest BCUT2D eigenvalue weighted by molar-refractivity contribution is -0.154. The number of phosphoric acid groups is 1. The monoisotopic (exact) mass is 828 g/mol. The van der Waals surface area contributed by atoms with Crippen LogP contribution in [0.15, 0.2) is 36.5 Å². The Morgan fingerprint density at radius 1 is 0.561 bits per heavy atom. The van der Waals surface area contributed by atoms with Crippen molar-refractivity contribution in [1.29, 1.82) is 0 Å². The average molecular weight is 828 g/mol. The Bertz CT molecular complexity index is 1050. The minimum atomic E-state index is -4.62. The van der Waals surface area contributed by atoms with Crippen LogP contribution in [0.4, 0.5) is 0 Å². The maximum absolute atomic E-state index is 12.6. The first-order chi connectivity index (χ1) is 27.7. The minimum Gasteiger partial charge on any atom is -0.480 e. The van der Waals surface area contributed by atoms with Gasteiger partial charge in [-0.25, -0.2) is 4.57 Å². The van der Waals surface area contributed by atoms with Crippen molar-refractivity contribution in [2.75, 3.05) is 26.4 Å². The van der Waals surface area contributed by atoms with Crippen molar-refractivity contribution in [2.24, 2.45) is 5.73 Å². The number of phosphoric ester groups is 1. The molecule has 0 amide bonds. The highest BCUT2D eigenvalue weighted by molar-refractivity contribution is 7.47. The van der Waals surface area contributed by atoms with Gasteiger partial charge in [-0.3, -0.25) is 18.6 Å². The second kappa shape index (κ2) is 42.3. The third-order valence-corrected chi connectivity index (χ3v) is 10.8. The van der Waals surface area contributed by atoms with Crippen LogP contribution in [-0.2, 0) is 32.7 Å². The zero-order valence-electron chi connectivity index (χ0n) is 36.4. The number of hydrogen-bond donors (Lipinski definition) is 3. The van der Waals surface area contributed by atoms with Gasteiger partial charge in [0.2, 0.25) is 0 Å².